The molecule has 1 aromatic carbocycles. The molecule has 19 heavy (non-hydrogen) atoms. The number of aromatic nitrogens is 2. The molecule has 0 unspecified atom stereocenters. The number of Topliss-reactive ketones (excluding diaryl/α,β-unsaturated/α-hetero) is 1. The summed E-state index contributed by atoms with van der Waals surface area (Å²) >= 11 is 7.46. The molecule has 0 aliphatic heterocycles. The molecule has 0 atom stereocenters. The number of ketones is 1. The molecular formula is C13H9ClN2O2S. The van der Waals surface area contributed by atoms with Crippen LogP contribution >= 0.6 is 23.4 Å². The van der Waals surface area contributed by atoms with Gasteiger partial charge in [0.2, 0.25) is 0 Å². The van der Waals surface area contributed by atoms with Crippen LogP contribution < -0.4 is 0 Å². The second kappa shape index (κ2) is 4.83. The van der Waals surface area contributed by atoms with Gasteiger partial charge in [-0.25, -0.2) is 4.98 Å². The Hall–Kier alpha value is -1.59. The highest BCUT2D eigenvalue weighted by molar-refractivity contribution is 7.99. The van der Waals surface area contributed by atoms with Crippen LogP contribution in [0.4, 0.5) is 0 Å². The summed E-state index contributed by atoms with van der Waals surface area (Å²) in [6, 6.07) is 5.46. The van der Waals surface area contributed by atoms with Gasteiger partial charge in [-0.15, -0.1) is 0 Å². The number of halogens is 1. The van der Waals surface area contributed by atoms with Crippen molar-refractivity contribution in [3.8, 4) is 0 Å². The SMILES string of the molecule is CC(=O)CSc1nc2cc(Cl)c3cccnc3c2o1. The lowest BCUT2D eigenvalue weighted by atomic mass is 10.2. The molecule has 6 heteroatoms. The number of carbonyl (C=O) groups excluding carboxylic acids is 1. The third-order valence-corrected chi connectivity index (χ3v) is 3.86. The zero-order chi connectivity index (χ0) is 13.4. The number of rotatable bonds is 3. The van der Waals surface area contributed by atoms with Gasteiger partial charge < -0.3 is 4.42 Å². The average molecular weight is 293 g/mol. The van der Waals surface area contributed by atoms with Crippen LogP contribution in [0.15, 0.2) is 34.0 Å². The number of thioether (sulfide) groups is 1. The maximum Gasteiger partial charge on any atom is 0.257 e. The van der Waals surface area contributed by atoms with E-state index < -0.39 is 0 Å². The summed E-state index contributed by atoms with van der Waals surface area (Å²) in [5.41, 5.74) is 1.94. The van der Waals surface area contributed by atoms with Crippen molar-refractivity contribution in [1.82, 2.24) is 9.97 Å². The highest BCUT2D eigenvalue weighted by atomic mass is 35.5. The molecule has 2 aromatic heterocycles. The minimum Gasteiger partial charge on any atom is -0.429 e. The van der Waals surface area contributed by atoms with Gasteiger partial charge >= 0.3 is 0 Å². The van der Waals surface area contributed by atoms with Crippen LogP contribution in [0.1, 0.15) is 6.92 Å². The van der Waals surface area contributed by atoms with Gasteiger partial charge in [0, 0.05) is 11.6 Å². The first-order valence-corrected chi connectivity index (χ1v) is 6.97. The number of fused-ring (bicyclic) bond motifs is 3. The second-order valence-electron chi connectivity index (χ2n) is 4.08. The Kier molecular flexibility index (Phi) is 3.16. The van der Waals surface area contributed by atoms with Crippen molar-refractivity contribution in [2.24, 2.45) is 0 Å². The van der Waals surface area contributed by atoms with E-state index in [1.54, 1.807) is 12.3 Å². The van der Waals surface area contributed by atoms with Gasteiger partial charge in [0.05, 0.1) is 10.8 Å². The summed E-state index contributed by atoms with van der Waals surface area (Å²) in [6.45, 7) is 1.53. The number of carbonyl (C=O) groups is 1. The topological polar surface area (TPSA) is 56.0 Å². The van der Waals surface area contributed by atoms with Crippen molar-refractivity contribution in [1.29, 1.82) is 0 Å². The number of pyridine rings is 1. The maximum absolute atomic E-state index is 11.0. The summed E-state index contributed by atoms with van der Waals surface area (Å²) in [6.07, 6.45) is 1.68. The minimum atomic E-state index is 0.0771. The molecule has 0 spiro atoms. The summed E-state index contributed by atoms with van der Waals surface area (Å²) in [7, 11) is 0. The van der Waals surface area contributed by atoms with Gasteiger partial charge in [-0.2, -0.15) is 0 Å². The van der Waals surface area contributed by atoms with E-state index in [0.29, 0.717) is 32.6 Å². The summed E-state index contributed by atoms with van der Waals surface area (Å²) in [4.78, 5) is 19.6. The van der Waals surface area contributed by atoms with Crippen LogP contribution in [0.2, 0.25) is 5.02 Å². The molecule has 0 radical (unpaired) electrons. The largest absolute Gasteiger partial charge is 0.429 e. The lowest BCUT2D eigenvalue weighted by Gasteiger charge is -1.98. The van der Waals surface area contributed by atoms with Gasteiger partial charge in [-0.05, 0) is 25.1 Å². The minimum absolute atomic E-state index is 0.0771. The Bertz CT molecular complexity index is 785. The Balaban J connectivity index is 2.16. The van der Waals surface area contributed by atoms with Crippen molar-refractivity contribution in [3.63, 3.8) is 0 Å². The molecule has 0 aliphatic carbocycles. The van der Waals surface area contributed by atoms with Crippen molar-refractivity contribution in [3.05, 3.63) is 29.4 Å². The third-order valence-electron chi connectivity index (χ3n) is 2.58. The van der Waals surface area contributed by atoms with Crippen LogP contribution in [-0.4, -0.2) is 21.5 Å². The predicted molar refractivity (Wildman–Crippen MR) is 75.7 cm³/mol. The number of nitrogens with zero attached hydrogens (tertiary/aromatic N) is 2. The van der Waals surface area contributed by atoms with Crippen LogP contribution in [0.25, 0.3) is 22.0 Å². The van der Waals surface area contributed by atoms with Gasteiger partial charge in [0.1, 0.15) is 16.8 Å². The molecule has 3 rings (SSSR count). The van der Waals surface area contributed by atoms with Crippen LogP contribution in [0.3, 0.4) is 0 Å². The summed E-state index contributed by atoms with van der Waals surface area (Å²) in [5.74, 6) is 0.416. The molecule has 0 bridgehead atoms. The normalized spacial score (nSPS) is 11.3. The van der Waals surface area contributed by atoms with Gasteiger partial charge in [-0.1, -0.05) is 23.4 Å². The molecule has 0 amide bonds. The molecular weight excluding hydrogens is 284 g/mol. The predicted octanol–water partition coefficient (Wildman–Crippen LogP) is 3.71. The Morgan fingerprint density at radius 3 is 3.16 bits per heavy atom. The zero-order valence-electron chi connectivity index (χ0n) is 10.0. The molecule has 4 nitrogen and oxygen atoms in total. The first kappa shape index (κ1) is 12.4. The van der Waals surface area contributed by atoms with E-state index in [9.17, 15) is 4.79 Å². The fraction of sp³-hybridized carbons (Fsp3) is 0.154. The standard InChI is InChI=1S/C13H9ClN2O2S/c1-7(17)6-19-13-16-10-5-9(14)8-3-2-4-15-11(8)12(10)18-13/h2-5H,6H2,1H3. The molecule has 3 aromatic rings. The molecule has 0 aliphatic rings. The lowest BCUT2D eigenvalue weighted by Crippen LogP contribution is -1.92. The molecule has 96 valence electrons. The highest BCUT2D eigenvalue weighted by Gasteiger charge is 2.13. The molecule has 0 fully saturated rings. The molecule has 0 saturated heterocycles. The third kappa shape index (κ3) is 2.31. The Morgan fingerprint density at radius 1 is 1.53 bits per heavy atom. The van der Waals surface area contributed by atoms with Crippen molar-refractivity contribution in [2.75, 3.05) is 5.75 Å². The van der Waals surface area contributed by atoms with E-state index in [0.717, 1.165) is 5.39 Å². The van der Waals surface area contributed by atoms with Gasteiger partial charge in [-0.3, -0.25) is 9.78 Å². The van der Waals surface area contributed by atoms with Crippen molar-refractivity contribution >= 4 is 51.1 Å². The van der Waals surface area contributed by atoms with E-state index in [4.69, 9.17) is 16.0 Å². The van der Waals surface area contributed by atoms with E-state index in [1.807, 2.05) is 12.1 Å². The number of oxazole rings is 1. The fourth-order valence-corrected chi connectivity index (χ4v) is 2.67. The van der Waals surface area contributed by atoms with E-state index >= 15 is 0 Å². The first-order valence-electron chi connectivity index (χ1n) is 5.61. The number of benzene rings is 1. The van der Waals surface area contributed by atoms with Gasteiger partial charge in [0.15, 0.2) is 5.58 Å². The van der Waals surface area contributed by atoms with Gasteiger partial charge in [0.25, 0.3) is 5.22 Å². The van der Waals surface area contributed by atoms with E-state index in [2.05, 4.69) is 9.97 Å². The van der Waals surface area contributed by atoms with Crippen LogP contribution in [0, 0.1) is 0 Å². The number of hydrogen-bond donors (Lipinski definition) is 0. The maximum atomic E-state index is 11.0. The van der Waals surface area contributed by atoms with Crippen molar-refractivity contribution < 1.29 is 9.21 Å². The smallest absolute Gasteiger partial charge is 0.257 e. The summed E-state index contributed by atoms with van der Waals surface area (Å²) in [5, 5.41) is 1.88. The van der Waals surface area contributed by atoms with Crippen LogP contribution in [-0.2, 0) is 4.79 Å². The zero-order valence-corrected chi connectivity index (χ0v) is 11.6. The monoisotopic (exact) mass is 292 g/mol. The number of hydrogen-bond acceptors (Lipinski definition) is 5. The Labute approximate surface area is 118 Å². The lowest BCUT2D eigenvalue weighted by molar-refractivity contribution is -0.114. The molecule has 0 saturated carbocycles. The molecule has 0 N–H and O–H groups in total. The van der Waals surface area contributed by atoms with E-state index in [1.165, 1.54) is 18.7 Å². The first-order chi connectivity index (χ1) is 9.15. The highest BCUT2D eigenvalue weighted by Crippen LogP contribution is 2.32. The van der Waals surface area contributed by atoms with Crippen molar-refractivity contribution in [2.45, 2.75) is 12.1 Å². The second-order valence-corrected chi connectivity index (χ2v) is 5.41. The molecule has 2 heterocycles. The summed E-state index contributed by atoms with van der Waals surface area (Å²) < 4.78 is 5.67. The Morgan fingerprint density at radius 2 is 2.37 bits per heavy atom. The quantitative estimate of drug-likeness (QED) is 0.689. The van der Waals surface area contributed by atoms with E-state index in [-0.39, 0.29) is 5.78 Å². The van der Waals surface area contributed by atoms with Crippen LogP contribution in [0.5, 0.6) is 0 Å². The fourth-order valence-electron chi connectivity index (χ4n) is 1.78. The average Bonchev–Trinajstić information content (AvgIpc) is 2.80.